The van der Waals surface area contributed by atoms with Gasteiger partial charge < -0.3 is 9.26 Å². The molecule has 124 valence electrons. The largest absolute Gasteiger partial charge is 0.402 e. The number of aromatic nitrogens is 1. The van der Waals surface area contributed by atoms with Crippen molar-refractivity contribution in [1.82, 2.24) is 5.16 Å². The molecule has 5 nitrogen and oxygen atoms in total. The summed E-state index contributed by atoms with van der Waals surface area (Å²) < 4.78 is 11.6. The third-order valence-electron chi connectivity index (χ3n) is 3.61. The average Bonchev–Trinajstić information content (AvgIpc) is 3.29. The highest BCUT2D eigenvalue weighted by molar-refractivity contribution is 9.10. The summed E-state index contributed by atoms with van der Waals surface area (Å²) in [7, 11) is 0. The molecule has 0 bridgehead atoms. The summed E-state index contributed by atoms with van der Waals surface area (Å²) in [5.74, 6) is 0.272. The number of carbonyl (C=O) groups excluding carboxylic acids is 1. The van der Waals surface area contributed by atoms with Gasteiger partial charge in [0.25, 0.3) is 0 Å². The summed E-state index contributed by atoms with van der Waals surface area (Å²) in [5.41, 5.74) is 2.32. The van der Waals surface area contributed by atoms with Crippen molar-refractivity contribution in [2.45, 2.75) is 6.92 Å². The van der Waals surface area contributed by atoms with Crippen LogP contribution in [0.5, 0.6) is 0 Å². The number of aryl methyl sites for hydroxylation is 1. The van der Waals surface area contributed by atoms with Gasteiger partial charge in [0.05, 0.1) is 0 Å². The monoisotopic (exact) mass is 414 g/mol. The van der Waals surface area contributed by atoms with Gasteiger partial charge in [-0.1, -0.05) is 35.5 Å². The minimum Gasteiger partial charge on any atom is -0.402 e. The number of aliphatic imine (C=N–C) groups is 1. The number of benzene rings is 1. The van der Waals surface area contributed by atoms with Crippen molar-refractivity contribution in [2.24, 2.45) is 4.99 Å². The van der Waals surface area contributed by atoms with E-state index in [4.69, 9.17) is 9.26 Å². The lowest BCUT2D eigenvalue weighted by Gasteiger charge is -2.01. The van der Waals surface area contributed by atoms with Gasteiger partial charge in [-0.05, 0) is 35.0 Å². The maximum atomic E-state index is 12.2. The molecule has 0 atom stereocenters. The van der Waals surface area contributed by atoms with E-state index in [1.807, 2.05) is 41.8 Å². The van der Waals surface area contributed by atoms with E-state index < -0.39 is 5.97 Å². The quantitative estimate of drug-likeness (QED) is 0.455. The fourth-order valence-corrected chi connectivity index (χ4v) is 3.84. The highest BCUT2D eigenvalue weighted by Crippen LogP contribution is 2.30. The second-order valence-corrected chi connectivity index (χ2v) is 7.19. The Bertz CT molecular complexity index is 1020. The molecule has 0 amide bonds. The summed E-state index contributed by atoms with van der Waals surface area (Å²) in [5, 5.41) is 6.04. The normalized spacial score (nSPS) is 15.5. The Kier molecular flexibility index (Phi) is 4.10. The van der Waals surface area contributed by atoms with Crippen LogP contribution in [-0.4, -0.2) is 17.0 Å². The van der Waals surface area contributed by atoms with Crippen LogP contribution in [0.15, 0.2) is 61.5 Å². The molecule has 1 aromatic carbocycles. The van der Waals surface area contributed by atoms with Crippen LogP contribution in [0.25, 0.3) is 17.3 Å². The van der Waals surface area contributed by atoms with Crippen LogP contribution < -0.4 is 0 Å². The molecule has 25 heavy (non-hydrogen) atoms. The molecule has 1 aliphatic rings. The number of esters is 1. The molecule has 0 N–H and O–H groups in total. The van der Waals surface area contributed by atoms with Crippen molar-refractivity contribution in [3.63, 3.8) is 0 Å². The van der Waals surface area contributed by atoms with Crippen LogP contribution >= 0.6 is 27.3 Å². The lowest BCUT2D eigenvalue weighted by Crippen LogP contribution is -2.07. The van der Waals surface area contributed by atoms with Gasteiger partial charge in [-0.2, -0.15) is 0 Å². The smallest absolute Gasteiger partial charge is 0.363 e. The van der Waals surface area contributed by atoms with E-state index in [1.54, 1.807) is 13.0 Å². The molecule has 3 heterocycles. The minimum absolute atomic E-state index is 0.212. The van der Waals surface area contributed by atoms with Crippen LogP contribution in [0, 0.1) is 6.92 Å². The van der Waals surface area contributed by atoms with Crippen molar-refractivity contribution in [3.8, 4) is 11.3 Å². The van der Waals surface area contributed by atoms with Gasteiger partial charge in [-0.3, -0.25) is 0 Å². The fraction of sp³-hybridized carbons (Fsp3) is 0.0556. The summed E-state index contributed by atoms with van der Waals surface area (Å²) in [6, 6.07) is 11.5. The van der Waals surface area contributed by atoms with E-state index in [2.05, 4.69) is 26.1 Å². The highest BCUT2D eigenvalue weighted by Gasteiger charge is 2.30. The summed E-state index contributed by atoms with van der Waals surface area (Å²) in [6.45, 7) is 1.77. The van der Waals surface area contributed by atoms with Crippen molar-refractivity contribution in [2.75, 3.05) is 0 Å². The summed E-state index contributed by atoms with van der Waals surface area (Å²) in [4.78, 5) is 17.5. The average molecular weight is 415 g/mol. The first kappa shape index (κ1) is 16.0. The Balaban J connectivity index is 1.76. The molecule has 3 aromatic rings. The van der Waals surface area contributed by atoms with E-state index in [1.165, 1.54) is 11.3 Å². The van der Waals surface area contributed by atoms with Gasteiger partial charge in [-0.15, -0.1) is 11.3 Å². The lowest BCUT2D eigenvalue weighted by atomic mass is 10.1. The molecule has 1 aliphatic heterocycles. The van der Waals surface area contributed by atoms with Crippen LogP contribution in [0.3, 0.4) is 0 Å². The first-order valence-electron chi connectivity index (χ1n) is 7.40. The van der Waals surface area contributed by atoms with Crippen molar-refractivity contribution in [3.05, 3.63) is 68.1 Å². The zero-order valence-corrected chi connectivity index (χ0v) is 15.4. The van der Waals surface area contributed by atoms with Gasteiger partial charge in [0.2, 0.25) is 5.90 Å². The van der Waals surface area contributed by atoms with Crippen LogP contribution in [0.1, 0.15) is 16.2 Å². The van der Waals surface area contributed by atoms with Gasteiger partial charge in [0, 0.05) is 20.3 Å². The number of nitrogens with zero attached hydrogens (tertiary/aromatic N) is 2. The molecule has 4 rings (SSSR count). The molecule has 0 radical (unpaired) electrons. The predicted molar refractivity (Wildman–Crippen MR) is 99.3 cm³/mol. The van der Waals surface area contributed by atoms with Gasteiger partial charge in [0.15, 0.2) is 5.70 Å². The minimum atomic E-state index is -0.487. The molecular formula is C18H11BrN2O3S. The van der Waals surface area contributed by atoms with Crippen LogP contribution in [0.4, 0.5) is 0 Å². The topological polar surface area (TPSA) is 64.7 Å². The lowest BCUT2D eigenvalue weighted by molar-refractivity contribution is -0.129. The van der Waals surface area contributed by atoms with E-state index in [0.29, 0.717) is 17.0 Å². The Hall–Kier alpha value is -2.51. The third kappa shape index (κ3) is 3.08. The van der Waals surface area contributed by atoms with Crippen molar-refractivity contribution < 1.29 is 14.1 Å². The number of hydrogen-bond acceptors (Lipinski definition) is 6. The molecule has 7 heteroatoms. The van der Waals surface area contributed by atoms with Crippen molar-refractivity contribution >= 4 is 45.2 Å². The molecule has 0 saturated carbocycles. The van der Waals surface area contributed by atoms with E-state index in [0.717, 1.165) is 14.9 Å². The maximum Gasteiger partial charge on any atom is 0.363 e. The zero-order valence-electron chi connectivity index (χ0n) is 13.0. The fourth-order valence-electron chi connectivity index (χ4n) is 2.47. The predicted octanol–water partition coefficient (Wildman–Crippen LogP) is 4.82. The van der Waals surface area contributed by atoms with E-state index in [-0.39, 0.29) is 11.6 Å². The van der Waals surface area contributed by atoms with Gasteiger partial charge >= 0.3 is 5.97 Å². The van der Waals surface area contributed by atoms with E-state index in [9.17, 15) is 4.79 Å². The first-order chi connectivity index (χ1) is 12.1. The number of carbonyl (C=O) groups is 1. The number of thiophene rings is 1. The van der Waals surface area contributed by atoms with Crippen LogP contribution in [0.2, 0.25) is 0 Å². The SMILES string of the molecule is Cc1onc(-c2ccccc2)c1C1=NC(=Cc2cc(Br)cs2)C(=O)O1. The standard InChI is InChI=1S/C18H11BrN2O3S/c1-10-15(16(21-24-10)11-5-3-2-4-6-11)17-20-14(18(22)23-17)8-13-7-12(19)9-25-13/h2-9H,1H3. The number of cyclic esters (lactones) is 1. The number of hydrogen-bond donors (Lipinski definition) is 0. The Morgan fingerprint density at radius 2 is 2.04 bits per heavy atom. The molecular weight excluding hydrogens is 404 g/mol. The van der Waals surface area contributed by atoms with Gasteiger partial charge in [-0.25, -0.2) is 9.79 Å². The number of halogens is 1. The Morgan fingerprint density at radius 1 is 1.24 bits per heavy atom. The number of rotatable bonds is 3. The highest BCUT2D eigenvalue weighted by atomic mass is 79.9. The van der Waals surface area contributed by atoms with E-state index >= 15 is 0 Å². The second kappa shape index (κ2) is 6.42. The molecule has 0 spiro atoms. The first-order valence-corrected chi connectivity index (χ1v) is 9.08. The second-order valence-electron chi connectivity index (χ2n) is 5.33. The molecule has 0 unspecified atom stereocenters. The summed E-state index contributed by atoms with van der Waals surface area (Å²) >= 11 is 4.90. The third-order valence-corrected chi connectivity index (χ3v) is 5.25. The molecule has 2 aromatic heterocycles. The van der Waals surface area contributed by atoms with Crippen molar-refractivity contribution in [1.29, 1.82) is 0 Å². The Morgan fingerprint density at radius 3 is 2.76 bits per heavy atom. The molecule has 0 saturated heterocycles. The van der Waals surface area contributed by atoms with Gasteiger partial charge in [0.1, 0.15) is 17.0 Å². The molecule has 0 fully saturated rings. The molecule has 0 aliphatic carbocycles. The summed E-state index contributed by atoms with van der Waals surface area (Å²) in [6.07, 6.45) is 1.70. The Labute approximate surface area is 155 Å². The number of ether oxygens (including phenoxy) is 1. The maximum absolute atomic E-state index is 12.2. The zero-order chi connectivity index (χ0) is 17.4. The van der Waals surface area contributed by atoms with Crippen LogP contribution in [-0.2, 0) is 9.53 Å².